The highest BCUT2D eigenvalue weighted by Gasteiger charge is 2.33. The summed E-state index contributed by atoms with van der Waals surface area (Å²) in [6, 6.07) is 6.43. The first kappa shape index (κ1) is 16.5. The zero-order valence-electron chi connectivity index (χ0n) is 11.2. The second-order valence-electron chi connectivity index (χ2n) is 5.05. The first-order valence-electron chi connectivity index (χ1n) is 6.35. The standard InChI is InChI=1S/C14H15I2NO2S/c1-7(5-12-13(18)17-14(19)20-12)8(2)10-6-9(15)3-4-11(10)16/h3-4,6-8,12H,5H2,1-2H3,(H,17,18,19)/q-1. The van der Waals surface area contributed by atoms with Gasteiger partial charge in [-0.2, -0.15) is 3.57 Å². The van der Waals surface area contributed by atoms with E-state index in [1.165, 1.54) is 12.7 Å². The zero-order chi connectivity index (χ0) is 14.9. The summed E-state index contributed by atoms with van der Waals surface area (Å²) in [4.78, 5) is 22.9. The van der Waals surface area contributed by atoms with Crippen molar-refractivity contribution in [3.8, 4) is 0 Å². The van der Waals surface area contributed by atoms with Crippen molar-refractivity contribution < 1.29 is 32.2 Å². The SMILES string of the molecule is CC(CC1SC(=O)NC1=O)C(C)c1cc(I)ccc1[I-]. The van der Waals surface area contributed by atoms with Crippen LogP contribution in [0, 0.1) is 13.1 Å². The molecule has 2 amide bonds. The van der Waals surface area contributed by atoms with Gasteiger partial charge in [0.1, 0.15) is 0 Å². The lowest BCUT2D eigenvalue weighted by Gasteiger charge is -2.26. The van der Waals surface area contributed by atoms with Crippen LogP contribution < -0.4 is 27.9 Å². The van der Waals surface area contributed by atoms with E-state index in [1.54, 1.807) is 0 Å². The van der Waals surface area contributed by atoms with E-state index in [1.807, 2.05) is 0 Å². The molecular weight excluding hydrogens is 500 g/mol. The Morgan fingerprint density at radius 3 is 2.70 bits per heavy atom. The van der Waals surface area contributed by atoms with Crippen LogP contribution in [0.1, 0.15) is 31.7 Å². The Labute approximate surface area is 150 Å². The molecule has 1 saturated heterocycles. The Kier molecular flexibility index (Phi) is 5.75. The second kappa shape index (κ2) is 6.95. The van der Waals surface area contributed by atoms with Crippen molar-refractivity contribution in [2.24, 2.45) is 5.92 Å². The average Bonchev–Trinajstić information content (AvgIpc) is 2.70. The molecule has 109 valence electrons. The normalized spacial score (nSPS) is 21.7. The van der Waals surface area contributed by atoms with Crippen LogP contribution >= 0.6 is 34.4 Å². The molecule has 20 heavy (non-hydrogen) atoms. The summed E-state index contributed by atoms with van der Waals surface area (Å²) in [5.41, 5.74) is 1.32. The minimum absolute atomic E-state index is 0.142. The minimum atomic E-state index is -0.236. The van der Waals surface area contributed by atoms with Crippen LogP contribution in [-0.2, 0) is 4.79 Å². The van der Waals surface area contributed by atoms with Crippen LogP contribution in [0.15, 0.2) is 18.2 Å². The fraction of sp³-hybridized carbons (Fsp3) is 0.429. The summed E-state index contributed by atoms with van der Waals surface area (Å²) in [6.45, 7) is 4.34. The summed E-state index contributed by atoms with van der Waals surface area (Å²) in [5, 5.41) is 1.90. The van der Waals surface area contributed by atoms with Gasteiger partial charge < -0.3 is 22.6 Å². The minimum Gasteiger partial charge on any atom is -0.758 e. The molecule has 1 aliphatic rings. The molecule has 1 aromatic rings. The van der Waals surface area contributed by atoms with E-state index >= 15 is 0 Å². The third kappa shape index (κ3) is 3.88. The molecule has 0 saturated carbocycles. The lowest BCUT2D eigenvalue weighted by atomic mass is 9.86. The molecule has 2 rings (SSSR count). The fourth-order valence-corrected chi connectivity index (χ4v) is 4.59. The highest BCUT2D eigenvalue weighted by molar-refractivity contribution is 14.1. The van der Waals surface area contributed by atoms with Gasteiger partial charge in [-0.1, -0.05) is 43.3 Å². The lowest BCUT2D eigenvalue weighted by Crippen LogP contribution is -3.34. The Morgan fingerprint density at radius 1 is 1.40 bits per heavy atom. The Morgan fingerprint density at radius 2 is 2.10 bits per heavy atom. The number of hydrogen-bond donors (Lipinski definition) is 1. The first-order valence-corrected chi connectivity index (χ1v) is 9.38. The smallest absolute Gasteiger partial charge is 0.286 e. The summed E-state index contributed by atoms with van der Waals surface area (Å²) in [7, 11) is 0. The molecule has 3 nitrogen and oxygen atoms in total. The van der Waals surface area contributed by atoms with E-state index in [-0.39, 0.29) is 16.4 Å². The van der Waals surface area contributed by atoms with Gasteiger partial charge in [-0.3, -0.25) is 14.9 Å². The predicted molar refractivity (Wildman–Crippen MR) is 85.0 cm³/mol. The van der Waals surface area contributed by atoms with E-state index in [2.05, 4.69) is 82.5 Å². The van der Waals surface area contributed by atoms with Crippen LogP contribution in [0.5, 0.6) is 0 Å². The number of carbonyl (C=O) groups is 2. The van der Waals surface area contributed by atoms with Crippen molar-refractivity contribution in [2.75, 3.05) is 0 Å². The number of benzene rings is 1. The van der Waals surface area contributed by atoms with Gasteiger partial charge in [0.2, 0.25) is 5.91 Å². The maximum absolute atomic E-state index is 11.6. The molecule has 6 heteroatoms. The highest BCUT2D eigenvalue weighted by Crippen LogP contribution is 2.33. The molecular formula is C14H15I2NO2S-. The molecule has 1 aromatic carbocycles. The Hall–Kier alpha value is 0.170. The van der Waals surface area contributed by atoms with Gasteiger partial charge >= 0.3 is 0 Å². The van der Waals surface area contributed by atoms with Crippen LogP contribution in [-0.4, -0.2) is 16.4 Å². The molecule has 1 fully saturated rings. The van der Waals surface area contributed by atoms with Gasteiger partial charge in [-0.25, -0.2) is 0 Å². The molecule has 0 spiro atoms. The van der Waals surface area contributed by atoms with E-state index in [9.17, 15) is 9.59 Å². The number of carbonyl (C=O) groups excluding carboxylic acids is 2. The van der Waals surface area contributed by atoms with Crippen LogP contribution in [0.25, 0.3) is 0 Å². The van der Waals surface area contributed by atoms with Crippen molar-refractivity contribution in [3.63, 3.8) is 0 Å². The molecule has 0 aromatic heterocycles. The second-order valence-corrected chi connectivity index (χ2v) is 8.63. The van der Waals surface area contributed by atoms with Gasteiger partial charge in [0.25, 0.3) is 5.24 Å². The van der Waals surface area contributed by atoms with Crippen molar-refractivity contribution in [3.05, 3.63) is 30.9 Å². The van der Waals surface area contributed by atoms with E-state index < -0.39 is 0 Å². The number of imide groups is 1. The quantitative estimate of drug-likeness (QED) is 0.595. The van der Waals surface area contributed by atoms with Gasteiger partial charge in [0, 0.05) is 3.57 Å². The van der Waals surface area contributed by atoms with Crippen molar-refractivity contribution >= 4 is 45.5 Å². The maximum atomic E-state index is 11.6. The van der Waals surface area contributed by atoms with Gasteiger partial charge in [0.15, 0.2) is 0 Å². The summed E-state index contributed by atoms with van der Waals surface area (Å²) >= 11 is 5.79. The predicted octanol–water partition coefficient (Wildman–Crippen LogP) is 0.495. The van der Waals surface area contributed by atoms with E-state index in [4.69, 9.17) is 0 Å². The average molecular weight is 515 g/mol. The molecule has 1 heterocycles. The number of thioether (sulfide) groups is 1. The molecule has 1 N–H and O–H groups in total. The number of amides is 2. The van der Waals surface area contributed by atoms with Crippen LogP contribution in [0.4, 0.5) is 4.79 Å². The van der Waals surface area contributed by atoms with Crippen molar-refractivity contribution in [1.82, 2.24) is 5.32 Å². The largest absolute Gasteiger partial charge is 0.758 e. The molecule has 1 radical (unpaired) electrons. The zero-order valence-corrected chi connectivity index (χ0v) is 16.3. The molecule has 0 aliphatic carbocycles. The Bertz CT molecular complexity index is 550. The van der Waals surface area contributed by atoms with Gasteiger partial charge in [-0.05, 0) is 46.9 Å². The molecule has 3 unspecified atom stereocenters. The third-order valence-electron chi connectivity index (χ3n) is 3.66. The number of rotatable bonds is 4. The monoisotopic (exact) mass is 515 g/mol. The first-order chi connectivity index (χ1) is 9.38. The van der Waals surface area contributed by atoms with Crippen LogP contribution in [0.3, 0.4) is 0 Å². The maximum Gasteiger partial charge on any atom is 0.286 e. The van der Waals surface area contributed by atoms with Crippen molar-refractivity contribution in [1.29, 1.82) is 0 Å². The fourth-order valence-electron chi connectivity index (χ4n) is 2.26. The summed E-state index contributed by atoms with van der Waals surface area (Å²) in [6.07, 6.45) is 0.727. The number of nitrogens with one attached hydrogen (secondary N) is 1. The topological polar surface area (TPSA) is 46.2 Å². The molecule has 1 aliphatic heterocycles. The number of halogens is 2. The summed E-state index contributed by atoms with van der Waals surface area (Å²) < 4.78 is 2.47. The molecule has 0 bridgehead atoms. The summed E-state index contributed by atoms with van der Waals surface area (Å²) in [5.74, 6) is 0.563. The van der Waals surface area contributed by atoms with Crippen molar-refractivity contribution in [2.45, 2.75) is 31.4 Å². The molecule has 3 atom stereocenters. The van der Waals surface area contributed by atoms with E-state index in [0.29, 0.717) is 11.8 Å². The Balaban J connectivity index is 2.08. The van der Waals surface area contributed by atoms with E-state index in [0.717, 1.165) is 18.2 Å². The van der Waals surface area contributed by atoms with Gasteiger partial charge in [-0.15, -0.1) is 0 Å². The highest BCUT2D eigenvalue weighted by atomic mass is 127. The van der Waals surface area contributed by atoms with Gasteiger partial charge in [0.05, 0.1) is 5.25 Å². The third-order valence-corrected chi connectivity index (χ3v) is 6.32. The lowest BCUT2D eigenvalue weighted by molar-refractivity contribution is -0.330. The van der Waals surface area contributed by atoms with Crippen LogP contribution in [0.2, 0.25) is 0 Å². The number of hydrogen-bond acceptors (Lipinski definition) is 3.